The van der Waals surface area contributed by atoms with Crippen molar-refractivity contribution in [3.05, 3.63) is 81.1 Å². The highest BCUT2D eigenvalue weighted by Crippen LogP contribution is 2.18. The Morgan fingerprint density at radius 3 is 2.27 bits per heavy atom. The summed E-state index contributed by atoms with van der Waals surface area (Å²) in [5.74, 6) is -0.253. The van der Waals surface area contributed by atoms with E-state index in [9.17, 15) is 9.59 Å². The van der Waals surface area contributed by atoms with Gasteiger partial charge in [-0.3, -0.25) is 9.59 Å². The normalized spacial score (nSPS) is 11.4. The second-order valence-electron chi connectivity index (χ2n) is 5.76. The van der Waals surface area contributed by atoms with E-state index in [1.165, 1.54) is 0 Å². The number of para-hydroxylation sites is 2. The number of nitrogens with one attached hydrogen (secondary N) is 1. The molecule has 2 heterocycles. The lowest BCUT2D eigenvalue weighted by molar-refractivity contribution is -0.121. The van der Waals surface area contributed by atoms with Crippen molar-refractivity contribution >= 4 is 45.3 Å². The van der Waals surface area contributed by atoms with E-state index in [1.807, 2.05) is 58.5 Å². The Hall–Kier alpha value is -3.25. The van der Waals surface area contributed by atoms with Crippen LogP contribution in [0.25, 0.3) is 21.8 Å². The van der Waals surface area contributed by atoms with Crippen molar-refractivity contribution in [1.29, 1.82) is 0 Å². The molecular weight excluding hydrogens is 346 g/mol. The third kappa shape index (κ3) is 3.02. The third-order valence-electron chi connectivity index (χ3n) is 4.10. The molecule has 6 heteroatoms. The van der Waals surface area contributed by atoms with Crippen molar-refractivity contribution in [2.75, 3.05) is 0 Å². The van der Waals surface area contributed by atoms with E-state index in [4.69, 9.17) is 0 Å². The van der Waals surface area contributed by atoms with E-state index in [-0.39, 0.29) is 17.9 Å². The molecule has 0 radical (unpaired) electrons. The first-order valence-corrected chi connectivity index (χ1v) is 8.98. The summed E-state index contributed by atoms with van der Waals surface area (Å²) in [4.78, 5) is 26.0. The summed E-state index contributed by atoms with van der Waals surface area (Å²) in [6.07, 6.45) is 1.62. The summed E-state index contributed by atoms with van der Waals surface area (Å²) in [5.41, 5.74) is 3.99. The van der Waals surface area contributed by atoms with Crippen LogP contribution >= 0.6 is 11.3 Å². The molecule has 0 unspecified atom stereocenters. The molecule has 4 aromatic rings. The highest BCUT2D eigenvalue weighted by molar-refractivity contribution is 7.11. The molecule has 0 aliphatic rings. The van der Waals surface area contributed by atoms with Gasteiger partial charge < -0.3 is 4.57 Å². The third-order valence-corrected chi connectivity index (χ3v) is 4.91. The van der Waals surface area contributed by atoms with Crippen molar-refractivity contribution in [2.24, 2.45) is 5.10 Å². The molecule has 5 nitrogen and oxygen atoms in total. The SMILES string of the molecule is O=C(Cn1c2ccccc2c(=O)c2ccccc21)N/N=C/c1cccs1. The van der Waals surface area contributed by atoms with Gasteiger partial charge in [0.15, 0.2) is 5.43 Å². The Balaban J connectivity index is 1.71. The maximum Gasteiger partial charge on any atom is 0.260 e. The number of hydrazone groups is 1. The number of hydrogen-bond donors (Lipinski definition) is 1. The predicted molar refractivity (Wildman–Crippen MR) is 106 cm³/mol. The van der Waals surface area contributed by atoms with Gasteiger partial charge in [-0.15, -0.1) is 11.3 Å². The molecule has 0 aliphatic carbocycles. The number of carbonyl (C=O) groups excluding carboxylic acids is 1. The number of fused-ring (bicyclic) bond motifs is 2. The van der Waals surface area contributed by atoms with Gasteiger partial charge in [-0.1, -0.05) is 30.3 Å². The molecule has 128 valence electrons. The van der Waals surface area contributed by atoms with Crippen LogP contribution in [0.3, 0.4) is 0 Å². The summed E-state index contributed by atoms with van der Waals surface area (Å²) in [6.45, 7) is 0.0725. The molecule has 2 aromatic carbocycles. The molecule has 0 saturated heterocycles. The lowest BCUT2D eigenvalue weighted by Gasteiger charge is -2.14. The summed E-state index contributed by atoms with van der Waals surface area (Å²) >= 11 is 1.54. The summed E-state index contributed by atoms with van der Waals surface area (Å²) in [5, 5.41) is 7.14. The first-order valence-electron chi connectivity index (χ1n) is 8.10. The Morgan fingerprint density at radius 1 is 1.00 bits per heavy atom. The first-order chi connectivity index (χ1) is 12.7. The molecular formula is C20H15N3O2S. The fraction of sp³-hybridized carbons (Fsp3) is 0.0500. The Labute approximate surface area is 153 Å². The molecule has 0 atom stereocenters. The van der Waals surface area contributed by atoms with Crippen molar-refractivity contribution in [3.8, 4) is 0 Å². The number of rotatable bonds is 4. The van der Waals surface area contributed by atoms with Crippen LogP contribution in [0.5, 0.6) is 0 Å². The molecule has 0 fully saturated rings. The molecule has 0 aliphatic heterocycles. The lowest BCUT2D eigenvalue weighted by atomic mass is 10.1. The number of carbonyl (C=O) groups is 1. The van der Waals surface area contributed by atoms with Crippen LogP contribution in [0.1, 0.15) is 4.88 Å². The first kappa shape index (κ1) is 16.2. The minimum absolute atomic E-state index is 0.0245. The van der Waals surface area contributed by atoms with Crippen LogP contribution in [0.15, 0.2) is 75.9 Å². The van der Waals surface area contributed by atoms with Crippen molar-refractivity contribution in [2.45, 2.75) is 6.54 Å². The van der Waals surface area contributed by atoms with Crippen LogP contribution in [0, 0.1) is 0 Å². The molecule has 2 aromatic heterocycles. The van der Waals surface area contributed by atoms with Gasteiger partial charge in [-0.2, -0.15) is 5.10 Å². The highest BCUT2D eigenvalue weighted by Gasteiger charge is 2.12. The smallest absolute Gasteiger partial charge is 0.260 e. The summed E-state index contributed by atoms with van der Waals surface area (Å²) in [6, 6.07) is 18.5. The number of nitrogens with zero attached hydrogens (tertiary/aromatic N) is 2. The van der Waals surface area contributed by atoms with Crippen LogP contribution < -0.4 is 10.9 Å². The Kier molecular flexibility index (Phi) is 4.33. The molecule has 0 spiro atoms. The average Bonchev–Trinajstić information content (AvgIpc) is 3.19. The van der Waals surface area contributed by atoms with Gasteiger partial charge >= 0.3 is 0 Å². The van der Waals surface area contributed by atoms with Crippen LogP contribution in [-0.2, 0) is 11.3 Å². The van der Waals surface area contributed by atoms with E-state index in [1.54, 1.807) is 29.7 Å². The standard InChI is InChI=1S/C20H15N3O2S/c24-19(22-21-12-14-6-5-11-26-14)13-23-17-9-3-1-7-15(17)20(25)16-8-2-4-10-18(16)23/h1-12H,13H2,(H,22,24)/b21-12+. The van der Waals surface area contributed by atoms with Crippen molar-refractivity contribution in [1.82, 2.24) is 9.99 Å². The molecule has 1 amide bonds. The van der Waals surface area contributed by atoms with Crippen LogP contribution in [0.2, 0.25) is 0 Å². The molecule has 1 N–H and O–H groups in total. The molecule has 4 rings (SSSR count). The maximum absolute atomic E-state index is 12.7. The zero-order valence-electron chi connectivity index (χ0n) is 13.8. The van der Waals surface area contributed by atoms with Gasteiger partial charge in [0.25, 0.3) is 5.91 Å². The zero-order valence-corrected chi connectivity index (χ0v) is 14.6. The number of amides is 1. The topological polar surface area (TPSA) is 63.5 Å². The summed E-state index contributed by atoms with van der Waals surface area (Å²) in [7, 11) is 0. The van der Waals surface area contributed by atoms with Crippen molar-refractivity contribution in [3.63, 3.8) is 0 Å². The number of thiophene rings is 1. The molecule has 26 heavy (non-hydrogen) atoms. The maximum atomic E-state index is 12.7. The van der Waals surface area contributed by atoms with Crippen molar-refractivity contribution < 1.29 is 4.79 Å². The second-order valence-corrected chi connectivity index (χ2v) is 6.74. The van der Waals surface area contributed by atoms with Crippen LogP contribution in [0.4, 0.5) is 0 Å². The fourth-order valence-corrected chi connectivity index (χ4v) is 3.54. The van der Waals surface area contributed by atoms with E-state index in [0.29, 0.717) is 10.8 Å². The summed E-state index contributed by atoms with van der Waals surface area (Å²) < 4.78 is 1.85. The van der Waals surface area contributed by atoms with Crippen LogP contribution in [-0.4, -0.2) is 16.7 Å². The molecule has 0 saturated carbocycles. The van der Waals surface area contributed by atoms with Gasteiger partial charge in [-0.25, -0.2) is 5.43 Å². The minimum atomic E-state index is -0.253. The quantitative estimate of drug-likeness (QED) is 0.344. The highest BCUT2D eigenvalue weighted by atomic mass is 32.1. The predicted octanol–water partition coefficient (Wildman–Crippen LogP) is 3.37. The monoisotopic (exact) mass is 361 g/mol. The average molecular weight is 361 g/mol. The fourth-order valence-electron chi connectivity index (χ4n) is 2.96. The Morgan fingerprint density at radius 2 is 1.65 bits per heavy atom. The lowest BCUT2D eigenvalue weighted by Crippen LogP contribution is -2.24. The van der Waals surface area contributed by atoms with Gasteiger partial charge in [-0.05, 0) is 35.7 Å². The van der Waals surface area contributed by atoms with E-state index >= 15 is 0 Å². The zero-order chi connectivity index (χ0) is 17.9. The number of benzene rings is 2. The van der Waals surface area contributed by atoms with Gasteiger partial charge in [0.1, 0.15) is 6.54 Å². The molecule has 0 bridgehead atoms. The van der Waals surface area contributed by atoms with E-state index in [0.717, 1.165) is 15.9 Å². The minimum Gasteiger partial charge on any atom is -0.331 e. The second kappa shape index (κ2) is 6.93. The van der Waals surface area contributed by atoms with Gasteiger partial charge in [0, 0.05) is 15.6 Å². The number of hydrogen-bond acceptors (Lipinski definition) is 4. The Bertz CT molecular complexity index is 1120. The van der Waals surface area contributed by atoms with E-state index < -0.39 is 0 Å². The van der Waals surface area contributed by atoms with Gasteiger partial charge in [0.2, 0.25) is 0 Å². The number of pyridine rings is 1. The largest absolute Gasteiger partial charge is 0.331 e. The number of aromatic nitrogens is 1. The van der Waals surface area contributed by atoms with Gasteiger partial charge in [0.05, 0.1) is 17.2 Å². The van der Waals surface area contributed by atoms with E-state index in [2.05, 4.69) is 10.5 Å².